The molecule has 0 aromatic heterocycles. The van der Waals surface area contributed by atoms with Crippen LogP contribution in [0.1, 0.15) is 91.9 Å². The van der Waals surface area contributed by atoms with Gasteiger partial charge >= 0.3 is 5.97 Å². The number of fused-ring (bicyclic) bond motifs is 1. The van der Waals surface area contributed by atoms with Crippen molar-refractivity contribution < 1.29 is 19.4 Å². The van der Waals surface area contributed by atoms with Crippen molar-refractivity contribution >= 4 is 11.9 Å². The zero-order valence-electron chi connectivity index (χ0n) is 21.2. The number of rotatable bonds is 7. The van der Waals surface area contributed by atoms with Crippen LogP contribution in [0.25, 0.3) is 0 Å². The molecule has 4 aliphatic rings. The largest absolute Gasteiger partial charge is 0.458 e. The summed E-state index contributed by atoms with van der Waals surface area (Å²) in [6.45, 7) is 9.62. The number of hydrogen-bond donors (Lipinski definition) is 1. The van der Waals surface area contributed by atoms with E-state index in [-0.39, 0.29) is 29.8 Å². The van der Waals surface area contributed by atoms with E-state index in [0.29, 0.717) is 30.1 Å². The van der Waals surface area contributed by atoms with Gasteiger partial charge in [-0.05, 0) is 74.7 Å². The number of esters is 1. The van der Waals surface area contributed by atoms with Gasteiger partial charge in [0.05, 0.1) is 5.60 Å². The fraction of sp³-hybridized carbons (Fsp3) is 0.857. The molecule has 3 fully saturated rings. The number of ether oxygens (including phenoxy) is 1. The second-order valence-corrected chi connectivity index (χ2v) is 11.9. The molecule has 1 amide bonds. The molecule has 5 heteroatoms. The van der Waals surface area contributed by atoms with Crippen molar-refractivity contribution in [3.05, 3.63) is 11.6 Å². The number of carbonyl (C=O) groups is 2. The van der Waals surface area contributed by atoms with Crippen LogP contribution < -0.4 is 0 Å². The van der Waals surface area contributed by atoms with Gasteiger partial charge in [0.2, 0.25) is 5.91 Å². The summed E-state index contributed by atoms with van der Waals surface area (Å²) in [6.07, 6.45) is 12.9. The lowest BCUT2D eigenvalue weighted by Gasteiger charge is -2.53. The molecule has 0 radical (unpaired) electrons. The lowest BCUT2D eigenvalue weighted by molar-refractivity contribution is -0.159. The number of carbonyl (C=O) groups excluding carboxylic acids is 2. The van der Waals surface area contributed by atoms with Crippen molar-refractivity contribution in [2.75, 3.05) is 13.1 Å². The first-order valence-electron chi connectivity index (χ1n) is 13.6. The van der Waals surface area contributed by atoms with E-state index in [9.17, 15) is 14.7 Å². The molecule has 33 heavy (non-hydrogen) atoms. The van der Waals surface area contributed by atoms with E-state index in [1.807, 2.05) is 6.92 Å². The third-order valence-corrected chi connectivity index (χ3v) is 9.28. The Morgan fingerprint density at radius 3 is 2.48 bits per heavy atom. The van der Waals surface area contributed by atoms with Crippen molar-refractivity contribution in [1.82, 2.24) is 4.90 Å². The van der Waals surface area contributed by atoms with Crippen molar-refractivity contribution in [2.24, 2.45) is 35.5 Å². The SMILES string of the molecule is CC(=O)O[C@@H]1C[C@@]2(O)[C@H](C)CC[C@@H](C(C)CN(CC3CCCCC3)C(=O)C3CC3)[C@H]2C=C1C. The first kappa shape index (κ1) is 24.8. The zero-order chi connectivity index (χ0) is 23.8. The molecule has 0 spiro atoms. The first-order chi connectivity index (χ1) is 15.7. The Morgan fingerprint density at radius 2 is 1.85 bits per heavy atom. The van der Waals surface area contributed by atoms with Crippen LogP contribution in [-0.4, -0.2) is 46.7 Å². The average Bonchev–Trinajstić information content (AvgIpc) is 3.61. The predicted octanol–water partition coefficient (Wildman–Crippen LogP) is 5.12. The first-order valence-corrected chi connectivity index (χ1v) is 13.6. The van der Waals surface area contributed by atoms with Gasteiger partial charge in [-0.15, -0.1) is 0 Å². The molecule has 1 unspecified atom stereocenters. The number of nitrogens with zero attached hydrogens (tertiary/aromatic N) is 1. The summed E-state index contributed by atoms with van der Waals surface area (Å²) in [5.74, 6) is 1.87. The minimum atomic E-state index is -0.856. The Labute approximate surface area is 200 Å². The van der Waals surface area contributed by atoms with Gasteiger partial charge in [0, 0.05) is 38.3 Å². The Morgan fingerprint density at radius 1 is 1.15 bits per heavy atom. The van der Waals surface area contributed by atoms with Crippen LogP contribution in [0.5, 0.6) is 0 Å². The fourth-order valence-electron chi connectivity index (χ4n) is 7.01. The highest BCUT2D eigenvalue weighted by Gasteiger charge is 2.53. The van der Waals surface area contributed by atoms with E-state index in [0.717, 1.165) is 44.3 Å². The van der Waals surface area contributed by atoms with Crippen LogP contribution in [-0.2, 0) is 14.3 Å². The molecule has 5 nitrogen and oxygen atoms in total. The lowest BCUT2D eigenvalue weighted by atomic mass is 9.57. The molecule has 4 aliphatic carbocycles. The van der Waals surface area contributed by atoms with Crippen LogP contribution in [0.15, 0.2) is 11.6 Å². The second-order valence-electron chi connectivity index (χ2n) is 11.9. The van der Waals surface area contributed by atoms with E-state index in [1.54, 1.807) is 0 Å². The van der Waals surface area contributed by atoms with Gasteiger partial charge in [0.1, 0.15) is 6.10 Å². The van der Waals surface area contributed by atoms with Crippen molar-refractivity contribution in [3.8, 4) is 0 Å². The van der Waals surface area contributed by atoms with E-state index in [2.05, 4.69) is 24.8 Å². The molecule has 0 heterocycles. The quantitative estimate of drug-likeness (QED) is 0.424. The summed E-state index contributed by atoms with van der Waals surface area (Å²) in [4.78, 5) is 27.0. The van der Waals surface area contributed by atoms with Gasteiger partial charge in [-0.1, -0.05) is 39.2 Å². The van der Waals surface area contributed by atoms with Gasteiger partial charge in [0.25, 0.3) is 0 Å². The number of aliphatic hydroxyl groups is 1. The molecule has 0 saturated heterocycles. The minimum Gasteiger partial charge on any atom is -0.458 e. The van der Waals surface area contributed by atoms with E-state index >= 15 is 0 Å². The highest BCUT2D eigenvalue weighted by atomic mass is 16.5. The Balaban J connectivity index is 1.50. The summed E-state index contributed by atoms with van der Waals surface area (Å²) in [6, 6.07) is 0. The van der Waals surface area contributed by atoms with Crippen LogP contribution in [0.3, 0.4) is 0 Å². The van der Waals surface area contributed by atoms with Crippen LogP contribution in [0.2, 0.25) is 0 Å². The molecule has 6 atom stereocenters. The minimum absolute atomic E-state index is 0.0515. The molecular formula is C28H45NO4. The lowest BCUT2D eigenvalue weighted by Crippen LogP contribution is -2.56. The monoisotopic (exact) mass is 459 g/mol. The van der Waals surface area contributed by atoms with Gasteiger partial charge in [0.15, 0.2) is 0 Å². The Kier molecular flexibility index (Phi) is 7.57. The normalized spacial score (nSPS) is 35.8. The second kappa shape index (κ2) is 10.1. The highest BCUT2D eigenvalue weighted by molar-refractivity contribution is 5.81. The average molecular weight is 460 g/mol. The number of hydrogen-bond acceptors (Lipinski definition) is 4. The molecule has 4 rings (SSSR count). The van der Waals surface area contributed by atoms with E-state index in [4.69, 9.17) is 4.74 Å². The molecule has 0 aromatic carbocycles. The van der Waals surface area contributed by atoms with Crippen molar-refractivity contribution in [2.45, 2.75) is 104 Å². The maximum absolute atomic E-state index is 13.2. The van der Waals surface area contributed by atoms with Gasteiger partial charge in [-0.25, -0.2) is 0 Å². The molecular weight excluding hydrogens is 414 g/mol. The topological polar surface area (TPSA) is 66.8 Å². The maximum Gasteiger partial charge on any atom is 0.303 e. The van der Waals surface area contributed by atoms with E-state index in [1.165, 1.54) is 39.0 Å². The van der Waals surface area contributed by atoms with Gasteiger partial charge in [-0.2, -0.15) is 0 Å². The third kappa shape index (κ3) is 5.49. The molecule has 3 saturated carbocycles. The number of amides is 1. The van der Waals surface area contributed by atoms with E-state index < -0.39 is 5.60 Å². The Hall–Kier alpha value is -1.36. The van der Waals surface area contributed by atoms with Gasteiger partial charge in [-0.3, -0.25) is 9.59 Å². The molecule has 0 aliphatic heterocycles. The third-order valence-electron chi connectivity index (χ3n) is 9.28. The summed E-state index contributed by atoms with van der Waals surface area (Å²) in [5, 5.41) is 11.9. The smallest absolute Gasteiger partial charge is 0.303 e. The molecule has 186 valence electrons. The predicted molar refractivity (Wildman–Crippen MR) is 129 cm³/mol. The summed E-state index contributed by atoms with van der Waals surface area (Å²) in [7, 11) is 0. The standard InChI is InChI=1S/C28H45NO4/c1-18-14-25-24(13-10-20(3)28(25,32)15-26(18)33-21(4)30)19(2)16-29(27(31)23-11-12-23)17-22-8-6-5-7-9-22/h14,19-20,22-26,32H,5-13,15-17H2,1-4H3/t19?,20-,24+,25-,26-,28-/m1/s1. The van der Waals surface area contributed by atoms with Gasteiger partial charge < -0.3 is 14.7 Å². The molecule has 0 aromatic rings. The van der Waals surface area contributed by atoms with Crippen LogP contribution >= 0.6 is 0 Å². The van der Waals surface area contributed by atoms with Crippen LogP contribution in [0, 0.1) is 35.5 Å². The molecule has 1 N–H and O–H groups in total. The van der Waals surface area contributed by atoms with Crippen molar-refractivity contribution in [3.63, 3.8) is 0 Å². The zero-order valence-corrected chi connectivity index (χ0v) is 21.2. The molecule has 0 bridgehead atoms. The van der Waals surface area contributed by atoms with Crippen molar-refractivity contribution in [1.29, 1.82) is 0 Å². The van der Waals surface area contributed by atoms with Crippen LogP contribution in [0.4, 0.5) is 0 Å². The highest BCUT2D eigenvalue weighted by Crippen LogP contribution is 2.51. The summed E-state index contributed by atoms with van der Waals surface area (Å²) < 4.78 is 5.56. The summed E-state index contributed by atoms with van der Waals surface area (Å²) in [5.41, 5.74) is 0.199. The fourth-order valence-corrected chi connectivity index (χ4v) is 7.01. The Bertz CT molecular complexity index is 753. The maximum atomic E-state index is 13.2. The summed E-state index contributed by atoms with van der Waals surface area (Å²) >= 11 is 0.